The Balaban J connectivity index is 1.72. The zero-order valence-corrected chi connectivity index (χ0v) is 10.5. The third-order valence-electron chi connectivity index (χ3n) is 2.47. The summed E-state index contributed by atoms with van der Waals surface area (Å²) in [5.41, 5.74) is 0. The fraction of sp³-hybridized carbons (Fsp3) is 0.455. The molecule has 1 aromatic heterocycles. The van der Waals surface area contributed by atoms with Crippen LogP contribution in [-0.2, 0) is 0 Å². The molecule has 0 aromatic carbocycles. The summed E-state index contributed by atoms with van der Waals surface area (Å²) < 4.78 is 0. The number of amides is 1. The largest absolute Gasteiger partial charge is 0.333 e. The molecule has 16 heavy (non-hydrogen) atoms. The van der Waals surface area contributed by atoms with Crippen molar-refractivity contribution in [2.75, 3.05) is 18.8 Å². The van der Waals surface area contributed by atoms with E-state index >= 15 is 0 Å². The third-order valence-corrected chi connectivity index (χ3v) is 4.28. The van der Waals surface area contributed by atoms with Gasteiger partial charge in [0.1, 0.15) is 0 Å². The smallest absolute Gasteiger partial charge is 0.281 e. The summed E-state index contributed by atoms with van der Waals surface area (Å²) in [6, 6.07) is 3.74. The fourth-order valence-corrected chi connectivity index (χ4v) is 3.17. The first-order chi connectivity index (χ1) is 7.77. The van der Waals surface area contributed by atoms with Crippen LogP contribution in [0.25, 0.3) is 0 Å². The molecule has 1 aliphatic rings. The van der Waals surface area contributed by atoms with E-state index in [0.29, 0.717) is 13.0 Å². The fourth-order valence-electron chi connectivity index (χ4n) is 1.62. The van der Waals surface area contributed by atoms with Crippen molar-refractivity contribution in [3.05, 3.63) is 22.4 Å². The van der Waals surface area contributed by atoms with Gasteiger partial charge in [0.05, 0.1) is 4.88 Å². The molecule has 0 bridgehead atoms. The highest BCUT2D eigenvalue weighted by molar-refractivity contribution is 8.13. The third kappa shape index (κ3) is 2.86. The maximum Gasteiger partial charge on any atom is 0.281 e. The van der Waals surface area contributed by atoms with Crippen molar-refractivity contribution in [2.45, 2.75) is 12.8 Å². The Morgan fingerprint density at radius 3 is 3.00 bits per heavy atom. The van der Waals surface area contributed by atoms with Crippen molar-refractivity contribution in [3.8, 4) is 0 Å². The number of thiophene rings is 1. The van der Waals surface area contributed by atoms with E-state index in [1.54, 1.807) is 0 Å². The summed E-state index contributed by atoms with van der Waals surface area (Å²) in [6.45, 7) is 1.54. The van der Waals surface area contributed by atoms with Crippen molar-refractivity contribution < 1.29 is 9.59 Å². The highest BCUT2D eigenvalue weighted by Gasteiger charge is 2.20. The van der Waals surface area contributed by atoms with Gasteiger partial charge < -0.3 is 4.90 Å². The number of ketones is 1. The Labute approximate surface area is 103 Å². The molecule has 0 saturated carbocycles. The van der Waals surface area contributed by atoms with Crippen LogP contribution in [0.3, 0.4) is 0 Å². The van der Waals surface area contributed by atoms with E-state index in [0.717, 1.165) is 23.6 Å². The van der Waals surface area contributed by atoms with Crippen LogP contribution in [0, 0.1) is 0 Å². The predicted octanol–water partition coefficient (Wildman–Crippen LogP) is 2.88. The number of carbonyl (C=O) groups is 2. The van der Waals surface area contributed by atoms with Crippen LogP contribution in [0.4, 0.5) is 4.79 Å². The molecule has 2 rings (SSSR count). The molecule has 1 aliphatic heterocycles. The number of carbonyl (C=O) groups excluding carboxylic acids is 2. The summed E-state index contributed by atoms with van der Waals surface area (Å²) in [5, 5.41) is 2.07. The van der Waals surface area contributed by atoms with Gasteiger partial charge in [-0.25, -0.2) is 0 Å². The molecule has 2 heterocycles. The van der Waals surface area contributed by atoms with Crippen LogP contribution < -0.4 is 0 Å². The molecule has 0 aliphatic carbocycles. The van der Waals surface area contributed by atoms with Gasteiger partial charge in [-0.15, -0.1) is 11.3 Å². The monoisotopic (exact) mass is 255 g/mol. The van der Waals surface area contributed by atoms with Crippen molar-refractivity contribution in [1.82, 2.24) is 4.90 Å². The van der Waals surface area contributed by atoms with Gasteiger partial charge in [-0.2, -0.15) is 0 Å². The highest BCUT2D eigenvalue weighted by atomic mass is 32.2. The maximum absolute atomic E-state index is 11.7. The Morgan fingerprint density at radius 2 is 2.38 bits per heavy atom. The molecule has 1 saturated heterocycles. The minimum atomic E-state index is 0.156. The Bertz CT molecular complexity index is 375. The normalized spacial score (nSPS) is 15.8. The topological polar surface area (TPSA) is 37.4 Å². The molecule has 86 valence electrons. The van der Waals surface area contributed by atoms with Crippen LogP contribution in [0.1, 0.15) is 22.5 Å². The molecule has 0 spiro atoms. The lowest BCUT2D eigenvalue weighted by Gasteiger charge is -2.13. The summed E-state index contributed by atoms with van der Waals surface area (Å²) in [4.78, 5) is 25.6. The molecule has 1 amide bonds. The zero-order valence-electron chi connectivity index (χ0n) is 8.85. The minimum Gasteiger partial charge on any atom is -0.333 e. The molecular weight excluding hydrogens is 242 g/mol. The molecule has 0 N–H and O–H groups in total. The van der Waals surface area contributed by atoms with Gasteiger partial charge in [0.25, 0.3) is 5.24 Å². The number of hydrogen-bond acceptors (Lipinski definition) is 4. The molecule has 0 radical (unpaired) electrons. The second-order valence-corrected chi connectivity index (χ2v) is 5.60. The number of hydrogen-bond donors (Lipinski definition) is 0. The van der Waals surface area contributed by atoms with Crippen molar-refractivity contribution in [2.24, 2.45) is 0 Å². The van der Waals surface area contributed by atoms with Gasteiger partial charge in [0.2, 0.25) is 0 Å². The number of Topliss-reactive ketones (excluding diaryl/α,β-unsaturated/α-hetero) is 1. The first-order valence-corrected chi connectivity index (χ1v) is 7.12. The molecule has 1 fully saturated rings. The van der Waals surface area contributed by atoms with Crippen molar-refractivity contribution in [3.63, 3.8) is 0 Å². The highest BCUT2D eigenvalue weighted by Crippen LogP contribution is 2.18. The lowest BCUT2D eigenvalue weighted by molar-refractivity contribution is 0.0980. The second-order valence-electron chi connectivity index (χ2n) is 3.61. The Morgan fingerprint density at radius 1 is 1.50 bits per heavy atom. The average molecular weight is 255 g/mol. The minimum absolute atomic E-state index is 0.156. The SMILES string of the molecule is O=C(CCCN1CCSC1=O)c1cccs1. The van der Waals surface area contributed by atoms with Gasteiger partial charge in [-0.1, -0.05) is 17.8 Å². The van der Waals surface area contributed by atoms with E-state index in [2.05, 4.69) is 0 Å². The molecule has 3 nitrogen and oxygen atoms in total. The molecular formula is C11H13NO2S2. The van der Waals surface area contributed by atoms with E-state index < -0.39 is 0 Å². The standard InChI is InChI=1S/C11H13NO2S2/c13-9(10-4-2-7-15-10)3-1-5-12-6-8-16-11(12)14/h2,4,7H,1,3,5-6,8H2. The first-order valence-electron chi connectivity index (χ1n) is 5.26. The molecule has 1 aromatic rings. The van der Waals surface area contributed by atoms with Gasteiger partial charge >= 0.3 is 0 Å². The van der Waals surface area contributed by atoms with Crippen LogP contribution in [0.5, 0.6) is 0 Å². The summed E-state index contributed by atoms with van der Waals surface area (Å²) >= 11 is 2.85. The van der Waals surface area contributed by atoms with Gasteiger partial charge in [-0.05, 0) is 17.9 Å². The van der Waals surface area contributed by atoms with Crippen molar-refractivity contribution in [1.29, 1.82) is 0 Å². The Kier molecular flexibility index (Phi) is 4.01. The number of thioether (sulfide) groups is 1. The Hall–Kier alpha value is -0.810. The summed E-state index contributed by atoms with van der Waals surface area (Å²) in [7, 11) is 0. The van der Waals surface area contributed by atoms with E-state index in [1.807, 2.05) is 22.4 Å². The number of rotatable bonds is 5. The van der Waals surface area contributed by atoms with E-state index in [-0.39, 0.29) is 11.0 Å². The van der Waals surface area contributed by atoms with Crippen LogP contribution in [-0.4, -0.2) is 34.8 Å². The molecule has 0 unspecified atom stereocenters. The van der Waals surface area contributed by atoms with E-state index in [9.17, 15) is 9.59 Å². The second kappa shape index (κ2) is 5.50. The summed E-state index contributed by atoms with van der Waals surface area (Å²) in [5.74, 6) is 1.08. The van der Waals surface area contributed by atoms with Crippen LogP contribution >= 0.6 is 23.1 Å². The zero-order chi connectivity index (χ0) is 11.4. The average Bonchev–Trinajstić information content (AvgIpc) is 2.90. The number of nitrogens with zero attached hydrogens (tertiary/aromatic N) is 1. The van der Waals surface area contributed by atoms with Gasteiger partial charge in [-0.3, -0.25) is 9.59 Å². The van der Waals surface area contributed by atoms with Gasteiger partial charge in [0, 0.05) is 25.3 Å². The first kappa shape index (κ1) is 11.7. The van der Waals surface area contributed by atoms with Crippen LogP contribution in [0.2, 0.25) is 0 Å². The molecule has 0 atom stereocenters. The quantitative estimate of drug-likeness (QED) is 0.759. The lowest BCUT2D eigenvalue weighted by Crippen LogP contribution is -2.24. The molecule has 5 heteroatoms. The maximum atomic E-state index is 11.7. The van der Waals surface area contributed by atoms with E-state index in [4.69, 9.17) is 0 Å². The van der Waals surface area contributed by atoms with Gasteiger partial charge in [0.15, 0.2) is 5.78 Å². The van der Waals surface area contributed by atoms with E-state index in [1.165, 1.54) is 23.1 Å². The summed E-state index contributed by atoms with van der Waals surface area (Å²) in [6.07, 6.45) is 1.30. The van der Waals surface area contributed by atoms with Crippen molar-refractivity contribution >= 4 is 34.1 Å². The predicted molar refractivity (Wildman–Crippen MR) is 67.3 cm³/mol. The van der Waals surface area contributed by atoms with Crippen LogP contribution in [0.15, 0.2) is 17.5 Å². The lowest BCUT2D eigenvalue weighted by atomic mass is 10.2.